The van der Waals surface area contributed by atoms with Crippen molar-refractivity contribution in [3.8, 4) is 0 Å². The zero-order valence-corrected chi connectivity index (χ0v) is 19.7. The van der Waals surface area contributed by atoms with Crippen LogP contribution < -0.4 is 5.32 Å². The minimum Gasteiger partial charge on any atom is -0.357 e. The number of benzene rings is 2. The molecule has 4 nitrogen and oxygen atoms in total. The molecule has 0 aliphatic rings. The van der Waals surface area contributed by atoms with Gasteiger partial charge in [-0.05, 0) is 42.3 Å². The van der Waals surface area contributed by atoms with E-state index in [1.807, 2.05) is 0 Å². The van der Waals surface area contributed by atoms with Crippen molar-refractivity contribution in [2.24, 2.45) is 0 Å². The van der Waals surface area contributed by atoms with Crippen LogP contribution in [0.4, 0.5) is 0 Å². The van der Waals surface area contributed by atoms with Crippen LogP contribution in [0.15, 0.2) is 36.4 Å². The van der Waals surface area contributed by atoms with E-state index in [1.54, 1.807) is 43.3 Å². The van der Waals surface area contributed by atoms with Crippen LogP contribution in [0.5, 0.6) is 0 Å². The summed E-state index contributed by atoms with van der Waals surface area (Å²) < 4.78 is 0. The largest absolute Gasteiger partial charge is 0.357 e. The second-order valence-electron chi connectivity index (χ2n) is 6.24. The first-order valence-corrected chi connectivity index (χ1v) is 11.4. The summed E-state index contributed by atoms with van der Waals surface area (Å²) in [5.74, 6) is 0.185. The van der Waals surface area contributed by atoms with Crippen LogP contribution in [0.1, 0.15) is 18.1 Å². The second kappa shape index (κ2) is 11.3. The fourth-order valence-electron chi connectivity index (χ4n) is 2.62. The third-order valence-electron chi connectivity index (χ3n) is 4.30. The molecule has 2 amide bonds. The third kappa shape index (κ3) is 6.69. The Hall–Kier alpha value is -1.11. The van der Waals surface area contributed by atoms with Crippen molar-refractivity contribution in [1.29, 1.82) is 0 Å². The molecule has 1 unspecified atom stereocenters. The zero-order chi connectivity index (χ0) is 21.6. The fourth-order valence-corrected chi connectivity index (χ4v) is 4.73. The predicted octanol–water partition coefficient (Wildman–Crippen LogP) is 5.70. The average Bonchev–Trinajstić information content (AvgIpc) is 2.68. The monoisotopic (exact) mass is 492 g/mol. The minimum absolute atomic E-state index is 0.161. The first-order chi connectivity index (χ1) is 13.7. The van der Waals surface area contributed by atoms with Gasteiger partial charge in [-0.2, -0.15) is 0 Å². The van der Waals surface area contributed by atoms with Gasteiger partial charge in [-0.3, -0.25) is 9.59 Å². The van der Waals surface area contributed by atoms with Gasteiger partial charge in [-0.15, -0.1) is 11.8 Å². The first-order valence-electron chi connectivity index (χ1n) is 8.70. The summed E-state index contributed by atoms with van der Waals surface area (Å²) in [5, 5.41) is 4.63. The lowest BCUT2D eigenvalue weighted by Crippen LogP contribution is -2.47. The number of carbonyl (C=O) groups is 2. The Kier molecular flexibility index (Phi) is 9.44. The van der Waals surface area contributed by atoms with E-state index < -0.39 is 6.04 Å². The molecule has 0 spiro atoms. The van der Waals surface area contributed by atoms with E-state index in [4.69, 9.17) is 46.4 Å². The number of hydrogen-bond donors (Lipinski definition) is 1. The van der Waals surface area contributed by atoms with Gasteiger partial charge in [0.1, 0.15) is 6.04 Å². The molecule has 2 rings (SSSR count). The maximum absolute atomic E-state index is 12.9. The summed E-state index contributed by atoms with van der Waals surface area (Å²) in [6.45, 7) is 1.87. The summed E-state index contributed by atoms with van der Waals surface area (Å²) in [5.41, 5.74) is 1.49. The molecule has 29 heavy (non-hydrogen) atoms. The molecular formula is C20H20Cl4N2O2S. The molecule has 0 aromatic heterocycles. The number of nitrogens with one attached hydrogen (secondary N) is 1. The van der Waals surface area contributed by atoms with E-state index in [9.17, 15) is 9.59 Å². The molecule has 2 aromatic rings. The molecule has 156 valence electrons. The number of amides is 2. The molecule has 0 aliphatic carbocycles. The lowest BCUT2D eigenvalue weighted by Gasteiger charge is -2.28. The quantitative estimate of drug-likeness (QED) is 0.513. The van der Waals surface area contributed by atoms with Crippen molar-refractivity contribution >= 4 is 70.0 Å². The molecule has 1 atom stereocenters. The Morgan fingerprint density at radius 2 is 1.72 bits per heavy atom. The van der Waals surface area contributed by atoms with Crippen LogP contribution in [0.2, 0.25) is 20.1 Å². The number of hydrogen-bond acceptors (Lipinski definition) is 3. The Bertz CT molecular complexity index is 875. The highest BCUT2D eigenvalue weighted by Crippen LogP contribution is 2.29. The highest BCUT2D eigenvalue weighted by Gasteiger charge is 2.26. The molecule has 2 aromatic carbocycles. The molecule has 0 aliphatic heterocycles. The summed E-state index contributed by atoms with van der Waals surface area (Å²) >= 11 is 26.0. The number of carbonyl (C=O) groups excluding carboxylic acids is 2. The van der Waals surface area contributed by atoms with E-state index in [1.165, 1.54) is 23.7 Å². The van der Waals surface area contributed by atoms with Gasteiger partial charge in [-0.1, -0.05) is 58.5 Å². The normalized spacial score (nSPS) is 11.8. The van der Waals surface area contributed by atoms with Gasteiger partial charge < -0.3 is 10.2 Å². The van der Waals surface area contributed by atoms with E-state index in [0.717, 1.165) is 5.56 Å². The van der Waals surface area contributed by atoms with E-state index in [0.29, 0.717) is 31.4 Å². The Balaban J connectivity index is 2.12. The Morgan fingerprint density at radius 1 is 1.07 bits per heavy atom. The van der Waals surface area contributed by atoms with Crippen molar-refractivity contribution in [2.45, 2.75) is 25.3 Å². The minimum atomic E-state index is -0.663. The number of rotatable bonds is 8. The van der Waals surface area contributed by atoms with Crippen LogP contribution in [0.3, 0.4) is 0 Å². The van der Waals surface area contributed by atoms with Gasteiger partial charge >= 0.3 is 0 Å². The van der Waals surface area contributed by atoms with Crippen LogP contribution >= 0.6 is 58.2 Å². The summed E-state index contributed by atoms with van der Waals surface area (Å²) in [6.07, 6.45) is 0. The fraction of sp³-hybridized carbons (Fsp3) is 0.300. The van der Waals surface area contributed by atoms with Gasteiger partial charge in [0.15, 0.2) is 0 Å². The van der Waals surface area contributed by atoms with Crippen LogP contribution in [-0.4, -0.2) is 35.6 Å². The SMILES string of the molecule is CNC(=O)C(C)N(Cc1ccc(Cl)cc1Cl)C(=O)CSCc1c(Cl)cccc1Cl. The maximum atomic E-state index is 12.9. The highest BCUT2D eigenvalue weighted by molar-refractivity contribution is 7.99. The molecule has 0 heterocycles. The van der Waals surface area contributed by atoms with E-state index in [2.05, 4.69) is 5.32 Å². The Labute approximate surface area is 194 Å². The van der Waals surface area contributed by atoms with Crippen molar-refractivity contribution in [3.05, 3.63) is 67.6 Å². The van der Waals surface area contributed by atoms with Gasteiger partial charge in [0.25, 0.3) is 0 Å². The number of halogens is 4. The van der Waals surface area contributed by atoms with Gasteiger partial charge in [0, 0.05) is 39.4 Å². The Morgan fingerprint density at radius 3 is 2.31 bits per heavy atom. The van der Waals surface area contributed by atoms with Gasteiger partial charge in [0.2, 0.25) is 11.8 Å². The average molecular weight is 494 g/mol. The standard InChI is InChI=1S/C20H20Cl4N2O2S/c1-12(20(28)25-2)26(9-13-6-7-14(21)8-18(13)24)19(27)11-29-10-15-16(22)4-3-5-17(15)23/h3-8,12H,9-11H2,1-2H3,(H,25,28). The number of thioether (sulfide) groups is 1. The maximum Gasteiger partial charge on any atom is 0.242 e. The summed E-state index contributed by atoms with van der Waals surface area (Å²) in [7, 11) is 1.53. The molecule has 1 N–H and O–H groups in total. The summed E-state index contributed by atoms with van der Waals surface area (Å²) in [6, 6.07) is 9.68. The molecule has 0 bridgehead atoms. The molecule has 0 fully saturated rings. The number of nitrogens with zero attached hydrogens (tertiary/aromatic N) is 1. The van der Waals surface area contributed by atoms with Crippen molar-refractivity contribution in [3.63, 3.8) is 0 Å². The van der Waals surface area contributed by atoms with Crippen LogP contribution in [-0.2, 0) is 21.9 Å². The lowest BCUT2D eigenvalue weighted by molar-refractivity contribution is -0.138. The predicted molar refractivity (Wildman–Crippen MR) is 123 cm³/mol. The van der Waals surface area contributed by atoms with Gasteiger partial charge in [-0.25, -0.2) is 0 Å². The van der Waals surface area contributed by atoms with E-state index >= 15 is 0 Å². The molecule has 0 radical (unpaired) electrons. The molecule has 9 heteroatoms. The van der Waals surface area contributed by atoms with Crippen molar-refractivity contribution in [2.75, 3.05) is 12.8 Å². The van der Waals surface area contributed by atoms with Crippen molar-refractivity contribution < 1.29 is 9.59 Å². The lowest BCUT2D eigenvalue weighted by atomic mass is 10.1. The molecule has 0 saturated heterocycles. The first kappa shape index (κ1) is 24.2. The van der Waals surface area contributed by atoms with E-state index in [-0.39, 0.29) is 24.1 Å². The topological polar surface area (TPSA) is 49.4 Å². The summed E-state index contributed by atoms with van der Waals surface area (Å²) in [4.78, 5) is 26.6. The third-order valence-corrected chi connectivity index (χ3v) is 6.54. The molecular weight excluding hydrogens is 474 g/mol. The zero-order valence-electron chi connectivity index (χ0n) is 15.8. The van der Waals surface area contributed by atoms with Gasteiger partial charge in [0.05, 0.1) is 5.75 Å². The second-order valence-corrected chi connectivity index (χ2v) is 8.88. The number of likely N-dealkylation sites (N-methyl/N-ethyl adjacent to an activating group) is 1. The van der Waals surface area contributed by atoms with Crippen molar-refractivity contribution in [1.82, 2.24) is 10.2 Å². The van der Waals surface area contributed by atoms with Crippen LogP contribution in [0.25, 0.3) is 0 Å². The highest BCUT2D eigenvalue weighted by atomic mass is 35.5. The molecule has 0 saturated carbocycles. The van der Waals surface area contributed by atoms with Crippen LogP contribution in [0, 0.1) is 0 Å². The smallest absolute Gasteiger partial charge is 0.242 e.